The number of carbonyl (C=O) groups excluding carboxylic acids is 1. The highest BCUT2D eigenvalue weighted by molar-refractivity contribution is 6.30. The molecule has 0 radical (unpaired) electrons. The third kappa shape index (κ3) is 5.01. The molecule has 4 heteroatoms. The van der Waals surface area contributed by atoms with Crippen LogP contribution in [0, 0.1) is 11.8 Å². The molecule has 21 heavy (non-hydrogen) atoms. The predicted octanol–water partition coefficient (Wildman–Crippen LogP) is 3.54. The number of hydrogen-bond acceptors (Lipinski definition) is 2. The van der Waals surface area contributed by atoms with E-state index in [1.165, 1.54) is 12.8 Å². The van der Waals surface area contributed by atoms with Crippen LogP contribution < -0.4 is 10.6 Å². The summed E-state index contributed by atoms with van der Waals surface area (Å²) in [4.78, 5) is 12.2. The van der Waals surface area contributed by atoms with E-state index in [0.717, 1.165) is 23.7 Å². The third-order valence-corrected chi connectivity index (χ3v) is 4.70. The van der Waals surface area contributed by atoms with Crippen molar-refractivity contribution in [3.63, 3.8) is 0 Å². The Kier molecular flexibility index (Phi) is 6.07. The van der Waals surface area contributed by atoms with Gasteiger partial charge in [0.2, 0.25) is 5.91 Å². The van der Waals surface area contributed by atoms with E-state index >= 15 is 0 Å². The summed E-state index contributed by atoms with van der Waals surface area (Å²) >= 11 is 5.88. The van der Waals surface area contributed by atoms with Crippen molar-refractivity contribution in [2.75, 3.05) is 13.1 Å². The van der Waals surface area contributed by atoms with Crippen LogP contribution in [0.15, 0.2) is 24.3 Å². The summed E-state index contributed by atoms with van der Waals surface area (Å²) in [6.07, 6.45) is 2.98. The SMILES string of the molecule is CC(NC(=O)CC(C)C1CCNCC1)c1ccc(Cl)cc1. The number of carbonyl (C=O) groups is 1. The maximum absolute atomic E-state index is 12.2. The van der Waals surface area contributed by atoms with Gasteiger partial charge < -0.3 is 10.6 Å². The summed E-state index contributed by atoms with van der Waals surface area (Å²) < 4.78 is 0. The molecule has 2 unspecified atom stereocenters. The molecule has 1 aliphatic heterocycles. The Morgan fingerprint density at radius 3 is 2.52 bits per heavy atom. The molecule has 0 spiro atoms. The summed E-state index contributed by atoms with van der Waals surface area (Å²) in [5, 5.41) is 7.18. The molecule has 116 valence electrons. The lowest BCUT2D eigenvalue weighted by atomic mass is 9.84. The molecule has 1 aromatic rings. The normalized spacial score (nSPS) is 19.0. The van der Waals surface area contributed by atoms with Crippen LogP contribution in [0.5, 0.6) is 0 Å². The number of rotatable bonds is 5. The van der Waals surface area contributed by atoms with Gasteiger partial charge in [0.05, 0.1) is 6.04 Å². The van der Waals surface area contributed by atoms with E-state index < -0.39 is 0 Å². The maximum atomic E-state index is 12.2. The van der Waals surface area contributed by atoms with Crippen LogP contribution in [0.2, 0.25) is 5.02 Å². The van der Waals surface area contributed by atoms with E-state index in [4.69, 9.17) is 11.6 Å². The number of benzene rings is 1. The second-order valence-electron chi connectivity index (χ2n) is 6.11. The van der Waals surface area contributed by atoms with E-state index in [9.17, 15) is 4.79 Å². The summed E-state index contributed by atoms with van der Waals surface area (Å²) in [6.45, 7) is 6.37. The number of piperidine rings is 1. The van der Waals surface area contributed by atoms with E-state index in [1.807, 2.05) is 31.2 Å². The van der Waals surface area contributed by atoms with Crippen LogP contribution in [0.1, 0.15) is 44.7 Å². The molecule has 2 N–H and O–H groups in total. The van der Waals surface area contributed by atoms with Crippen LogP contribution in [0.25, 0.3) is 0 Å². The van der Waals surface area contributed by atoms with Gasteiger partial charge in [-0.15, -0.1) is 0 Å². The Bertz CT molecular complexity index is 454. The highest BCUT2D eigenvalue weighted by atomic mass is 35.5. The van der Waals surface area contributed by atoms with Gasteiger partial charge in [0.25, 0.3) is 0 Å². The fraction of sp³-hybridized carbons (Fsp3) is 0.588. The topological polar surface area (TPSA) is 41.1 Å². The Balaban J connectivity index is 1.81. The molecular weight excluding hydrogens is 284 g/mol. The third-order valence-electron chi connectivity index (χ3n) is 4.44. The Morgan fingerprint density at radius 1 is 1.29 bits per heavy atom. The van der Waals surface area contributed by atoms with Crippen molar-refractivity contribution in [2.45, 2.75) is 39.2 Å². The maximum Gasteiger partial charge on any atom is 0.220 e. The minimum Gasteiger partial charge on any atom is -0.350 e. The molecule has 3 nitrogen and oxygen atoms in total. The molecule has 1 heterocycles. The minimum absolute atomic E-state index is 0.0231. The fourth-order valence-corrected chi connectivity index (χ4v) is 3.13. The van der Waals surface area contributed by atoms with Crippen LogP contribution >= 0.6 is 11.6 Å². The first kappa shape index (κ1) is 16.3. The zero-order chi connectivity index (χ0) is 15.2. The molecule has 1 aromatic carbocycles. The smallest absolute Gasteiger partial charge is 0.220 e. The van der Waals surface area contributed by atoms with Crippen molar-refractivity contribution in [2.24, 2.45) is 11.8 Å². The number of hydrogen-bond donors (Lipinski definition) is 2. The van der Waals surface area contributed by atoms with Gasteiger partial charge in [-0.25, -0.2) is 0 Å². The quantitative estimate of drug-likeness (QED) is 0.873. The van der Waals surface area contributed by atoms with Crippen molar-refractivity contribution in [1.82, 2.24) is 10.6 Å². The second kappa shape index (κ2) is 7.81. The zero-order valence-corrected chi connectivity index (χ0v) is 13.6. The molecule has 0 saturated carbocycles. The van der Waals surface area contributed by atoms with Gasteiger partial charge in [-0.1, -0.05) is 30.7 Å². The summed E-state index contributed by atoms with van der Waals surface area (Å²) in [7, 11) is 0. The first-order valence-corrected chi connectivity index (χ1v) is 8.19. The highest BCUT2D eigenvalue weighted by Crippen LogP contribution is 2.24. The van der Waals surface area contributed by atoms with Crippen molar-refractivity contribution in [3.05, 3.63) is 34.9 Å². The van der Waals surface area contributed by atoms with Crippen LogP contribution in [0.3, 0.4) is 0 Å². The number of amides is 1. The van der Waals surface area contributed by atoms with Crippen LogP contribution in [-0.2, 0) is 4.79 Å². The second-order valence-corrected chi connectivity index (χ2v) is 6.55. The Morgan fingerprint density at radius 2 is 1.90 bits per heavy atom. The molecule has 0 bridgehead atoms. The van der Waals surface area contributed by atoms with Crippen molar-refractivity contribution in [3.8, 4) is 0 Å². The van der Waals surface area contributed by atoms with E-state index in [-0.39, 0.29) is 11.9 Å². The van der Waals surface area contributed by atoms with Crippen LogP contribution in [-0.4, -0.2) is 19.0 Å². The van der Waals surface area contributed by atoms with E-state index in [2.05, 4.69) is 17.6 Å². The Hall–Kier alpha value is -1.06. The first-order valence-electron chi connectivity index (χ1n) is 7.82. The van der Waals surface area contributed by atoms with Crippen molar-refractivity contribution < 1.29 is 4.79 Å². The molecule has 0 aliphatic carbocycles. The largest absolute Gasteiger partial charge is 0.350 e. The summed E-state index contributed by atoms with van der Waals surface area (Å²) in [5.74, 6) is 1.26. The van der Waals surface area contributed by atoms with Gasteiger partial charge in [0.15, 0.2) is 0 Å². The van der Waals surface area contributed by atoms with Crippen molar-refractivity contribution in [1.29, 1.82) is 0 Å². The lowest BCUT2D eigenvalue weighted by Gasteiger charge is -2.28. The monoisotopic (exact) mass is 308 g/mol. The molecule has 2 rings (SSSR count). The zero-order valence-electron chi connectivity index (χ0n) is 12.9. The lowest BCUT2D eigenvalue weighted by molar-refractivity contribution is -0.123. The molecular formula is C17H25ClN2O. The van der Waals surface area contributed by atoms with Gasteiger partial charge in [-0.05, 0) is 62.4 Å². The van der Waals surface area contributed by atoms with Crippen LogP contribution in [0.4, 0.5) is 0 Å². The predicted molar refractivity (Wildman–Crippen MR) is 87.4 cm³/mol. The standard InChI is InChI=1S/C17H25ClN2O/c1-12(14-7-9-19-10-8-14)11-17(21)20-13(2)15-3-5-16(18)6-4-15/h3-6,12-14,19H,7-11H2,1-2H3,(H,20,21). The average Bonchev–Trinajstić information content (AvgIpc) is 2.48. The molecule has 1 amide bonds. The van der Waals surface area contributed by atoms with Gasteiger partial charge in [0.1, 0.15) is 0 Å². The van der Waals surface area contributed by atoms with Gasteiger partial charge in [-0.2, -0.15) is 0 Å². The molecule has 0 aromatic heterocycles. The van der Waals surface area contributed by atoms with Gasteiger partial charge >= 0.3 is 0 Å². The molecule has 1 saturated heterocycles. The first-order chi connectivity index (χ1) is 10.1. The van der Waals surface area contributed by atoms with E-state index in [0.29, 0.717) is 18.3 Å². The average molecular weight is 309 g/mol. The van der Waals surface area contributed by atoms with Crippen molar-refractivity contribution >= 4 is 17.5 Å². The lowest BCUT2D eigenvalue weighted by Crippen LogP contribution is -2.34. The number of halogens is 1. The minimum atomic E-state index is 0.0231. The molecule has 2 atom stereocenters. The van der Waals surface area contributed by atoms with E-state index in [1.54, 1.807) is 0 Å². The number of nitrogens with one attached hydrogen (secondary N) is 2. The molecule has 1 aliphatic rings. The van der Waals surface area contributed by atoms with Gasteiger partial charge in [-0.3, -0.25) is 4.79 Å². The summed E-state index contributed by atoms with van der Waals surface area (Å²) in [6, 6.07) is 7.66. The summed E-state index contributed by atoms with van der Waals surface area (Å²) in [5.41, 5.74) is 1.09. The highest BCUT2D eigenvalue weighted by Gasteiger charge is 2.22. The Labute approximate surface area is 132 Å². The fourth-order valence-electron chi connectivity index (χ4n) is 3.01. The van der Waals surface area contributed by atoms with Gasteiger partial charge in [0, 0.05) is 11.4 Å². The molecule has 1 fully saturated rings.